The average molecular weight is 298 g/mol. The maximum absolute atomic E-state index is 12.3. The van der Waals surface area contributed by atoms with Crippen LogP contribution in [-0.2, 0) is 4.74 Å². The molecule has 1 saturated heterocycles. The number of hydrogen-bond acceptors (Lipinski definition) is 6. The van der Waals surface area contributed by atoms with E-state index in [0.29, 0.717) is 18.0 Å². The third-order valence-corrected chi connectivity index (χ3v) is 4.12. The fraction of sp³-hybridized carbons (Fsp3) is 0.692. The van der Waals surface area contributed by atoms with Gasteiger partial charge in [-0.2, -0.15) is 4.37 Å². The molecule has 0 spiro atoms. The molecule has 0 aromatic carbocycles. The number of rotatable bonds is 3. The zero-order valence-corrected chi connectivity index (χ0v) is 13.2. The van der Waals surface area contributed by atoms with E-state index in [4.69, 9.17) is 10.5 Å². The molecule has 3 N–H and O–H groups in total. The lowest BCUT2D eigenvalue weighted by Crippen LogP contribution is -2.47. The molecule has 1 amide bonds. The van der Waals surface area contributed by atoms with Crippen LogP contribution in [-0.4, -0.2) is 41.6 Å². The Kier molecular flexibility index (Phi) is 4.49. The van der Waals surface area contributed by atoms with E-state index in [2.05, 4.69) is 21.5 Å². The number of nitrogens with two attached hydrogens (primary N) is 1. The molecule has 0 bridgehead atoms. The van der Waals surface area contributed by atoms with E-state index in [0.717, 1.165) is 11.5 Å². The number of nitrogens with one attached hydrogen (secondary N) is 1. The smallest absolute Gasteiger partial charge is 0.258 e. The summed E-state index contributed by atoms with van der Waals surface area (Å²) in [5.41, 5.74) is 6.38. The number of aromatic nitrogens is 1. The van der Waals surface area contributed by atoms with Crippen LogP contribution in [0.25, 0.3) is 0 Å². The van der Waals surface area contributed by atoms with E-state index < -0.39 is 0 Å². The van der Waals surface area contributed by atoms with Gasteiger partial charge in [0.2, 0.25) is 0 Å². The monoisotopic (exact) mass is 298 g/mol. The molecule has 1 aromatic heterocycles. The molecule has 20 heavy (non-hydrogen) atoms. The molecule has 0 aliphatic carbocycles. The Morgan fingerprint density at radius 2 is 2.25 bits per heavy atom. The standard InChI is InChI=1S/C13H22N4O2S/c1-7(2)15-12(18)10-11(14)16-20-13(10)17-5-9(4)19-6-8(17)3/h7-9H,5-6H2,1-4H3,(H2,14,16)(H,15,18). The van der Waals surface area contributed by atoms with Gasteiger partial charge in [0, 0.05) is 12.6 Å². The van der Waals surface area contributed by atoms with Crippen LogP contribution in [0.5, 0.6) is 0 Å². The highest BCUT2D eigenvalue weighted by molar-refractivity contribution is 7.11. The third kappa shape index (κ3) is 3.04. The maximum atomic E-state index is 12.3. The molecule has 7 heteroatoms. The molecule has 0 saturated carbocycles. The summed E-state index contributed by atoms with van der Waals surface area (Å²) in [5, 5.41) is 3.72. The molecule has 0 radical (unpaired) electrons. The molecular formula is C13H22N4O2S. The van der Waals surface area contributed by atoms with Crippen LogP contribution in [0.2, 0.25) is 0 Å². The highest BCUT2D eigenvalue weighted by Crippen LogP contribution is 2.33. The number of ether oxygens (including phenoxy) is 1. The number of carbonyl (C=O) groups is 1. The summed E-state index contributed by atoms with van der Waals surface area (Å²) in [6.45, 7) is 9.33. The van der Waals surface area contributed by atoms with Crippen molar-refractivity contribution < 1.29 is 9.53 Å². The molecule has 1 aromatic rings. The molecule has 1 aliphatic heterocycles. The van der Waals surface area contributed by atoms with Crippen LogP contribution < -0.4 is 16.0 Å². The summed E-state index contributed by atoms with van der Waals surface area (Å²) in [5.74, 6) is 0.141. The molecule has 112 valence electrons. The zero-order valence-electron chi connectivity index (χ0n) is 12.3. The molecule has 2 rings (SSSR count). The number of nitrogen functional groups attached to an aromatic ring is 1. The number of anilines is 2. The van der Waals surface area contributed by atoms with Gasteiger partial charge in [0.1, 0.15) is 10.6 Å². The van der Waals surface area contributed by atoms with Gasteiger partial charge in [-0.25, -0.2) is 0 Å². The number of morpholine rings is 1. The van der Waals surface area contributed by atoms with E-state index in [1.54, 1.807) is 0 Å². The van der Waals surface area contributed by atoms with Crippen molar-refractivity contribution in [1.82, 2.24) is 9.69 Å². The van der Waals surface area contributed by atoms with E-state index in [1.165, 1.54) is 11.5 Å². The van der Waals surface area contributed by atoms with E-state index in [-0.39, 0.29) is 24.1 Å². The lowest BCUT2D eigenvalue weighted by Gasteiger charge is -2.37. The molecule has 1 fully saturated rings. The van der Waals surface area contributed by atoms with Crippen LogP contribution in [0, 0.1) is 0 Å². The maximum Gasteiger partial charge on any atom is 0.258 e. The zero-order chi connectivity index (χ0) is 14.9. The van der Waals surface area contributed by atoms with Crippen molar-refractivity contribution in [2.24, 2.45) is 0 Å². The summed E-state index contributed by atoms with van der Waals surface area (Å²) >= 11 is 1.28. The largest absolute Gasteiger partial charge is 0.382 e. The van der Waals surface area contributed by atoms with Gasteiger partial charge >= 0.3 is 0 Å². The summed E-state index contributed by atoms with van der Waals surface area (Å²) in [7, 11) is 0. The summed E-state index contributed by atoms with van der Waals surface area (Å²) in [4.78, 5) is 14.5. The van der Waals surface area contributed by atoms with Gasteiger partial charge in [-0.05, 0) is 39.2 Å². The first kappa shape index (κ1) is 15.1. The van der Waals surface area contributed by atoms with E-state index in [9.17, 15) is 4.79 Å². The van der Waals surface area contributed by atoms with Gasteiger partial charge in [-0.3, -0.25) is 4.79 Å². The van der Waals surface area contributed by atoms with Gasteiger partial charge < -0.3 is 20.7 Å². The van der Waals surface area contributed by atoms with Crippen molar-refractivity contribution in [3.05, 3.63) is 5.56 Å². The van der Waals surface area contributed by atoms with Crippen LogP contribution in [0.15, 0.2) is 0 Å². The van der Waals surface area contributed by atoms with Gasteiger partial charge in [0.25, 0.3) is 5.91 Å². The van der Waals surface area contributed by atoms with Gasteiger partial charge in [-0.15, -0.1) is 0 Å². The Balaban J connectivity index is 2.30. The minimum Gasteiger partial charge on any atom is -0.382 e. The highest BCUT2D eigenvalue weighted by atomic mass is 32.1. The average Bonchev–Trinajstić information content (AvgIpc) is 2.73. The number of carbonyl (C=O) groups excluding carboxylic acids is 1. The Labute approximate surface area is 123 Å². The lowest BCUT2D eigenvalue weighted by atomic mass is 10.2. The van der Waals surface area contributed by atoms with Crippen molar-refractivity contribution >= 4 is 28.3 Å². The molecule has 2 heterocycles. The Hall–Kier alpha value is -1.34. The van der Waals surface area contributed by atoms with E-state index >= 15 is 0 Å². The van der Waals surface area contributed by atoms with Crippen molar-refractivity contribution in [2.75, 3.05) is 23.8 Å². The fourth-order valence-corrected chi connectivity index (χ4v) is 3.15. The first-order valence-corrected chi connectivity index (χ1v) is 7.61. The van der Waals surface area contributed by atoms with Gasteiger partial charge in [0.15, 0.2) is 5.82 Å². The van der Waals surface area contributed by atoms with Crippen molar-refractivity contribution in [1.29, 1.82) is 0 Å². The highest BCUT2D eigenvalue weighted by Gasteiger charge is 2.30. The Bertz CT molecular complexity index is 489. The summed E-state index contributed by atoms with van der Waals surface area (Å²) < 4.78 is 9.78. The van der Waals surface area contributed by atoms with E-state index in [1.807, 2.05) is 20.8 Å². The summed E-state index contributed by atoms with van der Waals surface area (Å²) in [6.07, 6.45) is 0.135. The minimum atomic E-state index is -0.160. The van der Waals surface area contributed by atoms with Crippen LogP contribution in [0.3, 0.4) is 0 Å². The topological polar surface area (TPSA) is 80.5 Å². The van der Waals surface area contributed by atoms with Crippen molar-refractivity contribution in [3.8, 4) is 0 Å². The molecule has 1 aliphatic rings. The second-order valence-electron chi connectivity index (χ2n) is 5.52. The fourth-order valence-electron chi connectivity index (χ4n) is 2.22. The first-order chi connectivity index (χ1) is 9.40. The first-order valence-electron chi connectivity index (χ1n) is 6.84. The second kappa shape index (κ2) is 5.97. The van der Waals surface area contributed by atoms with Gasteiger partial charge in [-0.1, -0.05) is 0 Å². The molecule has 2 unspecified atom stereocenters. The number of amides is 1. The molecule has 2 atom stereocenters. The Morgan fingerprint density at radius 1 is 1.55 bits per heavy atom. The Morgan fingerprint density at radius 3 is 2.90 bits per heavy atom. The SMILES string of the molecule is CC(C)NC(=O)c1c(N)nsc1N1CC(C)OCC1C. The van der Waals surface area contributed by atoms with Crippen LogP contribution >= 0.6 is 11.5 Å². The quantitative estimate of drug-likeness (QED) is 0.883. The predicted molar refractivity (Wildman–Crippen MR) is 81.4 cm³/mol. The number of nitrogens with zero attached hydrogens (tertiary/aromatic N) is 2. The van der Waals surface area contributed by atoms with Crippen molar-refractivity contribution in [3.63, 3.8) is 0 Å². The summed E-state index contributed by atoms with van der Waals surface area (Å²) in [6, 6.07) is 0.271. The van der Waals surface area contributed by atoms with Gasteiger partial charge in [0.05, 0.1) is 18.8 Å². The normalized spacial score (nSPS) is 23.1. The second-order valence-corrected chi connectivity index (χ2v) is 6.27. The van der Waals surface area contributed by atoms with Crippen LogP contribution in [0.1, 0.15) is 38.1 Å². The van der Waals surface area contributed by atoms with Crippen molar-refractivity contribution in [2.45, 2.75) is 45.9 Å². The molecular weight excluding hydrogens is 276 g/mol. The van der Waals surface area contributed by atoms with Crippen LogP contribution in [0.4, 0.5) is 10.8 Å². The minimum absolute atomic E-state index is 0.0655. The molecule has 6 nitrogen and oxygen atoms in total. The lowest BCUT2D eigenvalue weighted by molar-refractivity contribution is 0.0345. The predicted octanol–water partition coefficient (Wildman–Crippen LogP) is 1.48. The number of hydrogen-bond donors (Lipinski definition) is 2. The third-order valence-electron chi connectivity index (χ3n) is 3.22.